The molecular formula is C21H23N5O6. The number of imidazole rings is 1. The number of hydrogen-bond acceptors (Lipinski definition) is 10. The summed E-state index contributed by atoms with van der Waals surface area (Å²) in [7, 11) is 3.03. The summed E-state index contributed by atoms with van der Waals surface area (Å²) in [5, 5.41) is 10.7. The summed E-state index contributed by atoms with van der Waals surface area (Å²) in [5.74, 6) is 0.119. The zero-order chi connectivity index (χ0) is 22.7. The number of nitrogen functional groups attached to an aromatic ring is 1. The van der Waals surface area contributed by atoms with Crippen LogP contribution in [0.15, 0.2) is 42.7 Å². The lowest BCUT2D eigenvalue weighted by atomic mass is 10.1. The number of rotatable bonds is 7. The second kappa shape index (κ2) is 9.40. The number of carbonyl (C=O) groups excluding carboxylic acids is 1. The molecule has 1 unspecified atom stereocenters. The fourth-order valence-corrected chi connectivity index (χ4v) is 3.54. The molecule has 1 fully saturated rings. The summed E-state index contributed by atoms with van der Waals surface area (Å²) in [6.45, 7) is 0.243. The van der Waals surface area contributed by atoms with E-state index in [1.54, 1.807) is 28.8 Å². The number of benzene rings is 1. The Balaban J connectivity index is 1.59. The molecule has 32 heavy (non-hydrogen) atoms. The molecule has 0 radical (unpaired) electrons. The van der Waals surface area contributed by atoms with Gasteiger partial charge in [-0.05, 0) is 18.2 Å². The summed E-state index contributed by atoms with van der Waals surface area (Å²) < 4.78 is 23.2. The highest BCUT2D eigenvalue weighted by Crippen LogP contribution is 2.33. The Morgan fingerprint density at radius 2 is 2.06 bits per heavy atom. The van der Waals surface area contributed by atoms with Crippen LogP contribution in [-0.2, 0) is 19.0 Å². The van der Waals surface area contributed by atoms with Crippen LogP contribution in [-0.4, -0.2) is 69.7 Å². The van der Waals surface area contributed by atoms with Crippen molar-refractivity contribution in [1.29, 1.82) is 0 Å². The van der Waals surface area contributed by atoms with E-state index in [9.17, 15) is 9.90 Å². The quantitative estimate of drug-likeness (QED) is 0.309. The smallest absolute Gasteiger partial charge is 0.336 e. The molecule has 4 rings (SSSR count). The Labute approximate surface area is 183 Å². The Bertz CT molecular complexity index is 1120. The maximum absolute atomic E-state index is 12.1. The first-order valence-corrected chi connectivity index (χ1v) is 9.82. The van der Waals surface area contributed by atoms with E-state index in [4.69, 9.17) is 24.7 Å². The minimum absolute atomic E-state index is 0.119. The van der Waals surface area contributed by atoms with E-state index in [1.807, 2.05) is 6.07 Å². The molecule has 1 aromatic carbocycles. The van der Waals surface area contributed by atoms with E-state index < -0.39 is 30.5 Å². The molecule has 11 heteroatoms. The van der Waals surface area contributed by atoms with Crippen molar-refractivity contribution in [1.82, 2.24) is 19.5 Å². The number of aliphatic hydroxyl groups excluding tert-OH is 1. The van der Waals surface area contributed by atoms with E-state index in [0.29, 0.717) is 16.9 Å². The van der Waals surface area contributed by atoms with Crippen LogP contribution in [0.25, 0.3) is 17.2 Å². The van der Waals surface area contributed by atoms with Crippen LogP contribution in [0.2, 0.25) is 0 Å². The van der Waals surface area contributed by atoms with Gasteiger partial charge in [-0.2, -0.15) is 0 Å². The number of aliphatic hydroxyl groups is 1. The number of esters is 1. The molecule has 1 aliphatic rings. The molecule has 3 heterocycles. The van der Waals surface area contributed by atoms with Gasteiger partial charge in [-0.15, -0.1) is 0 Å². The van der Waals surface area contributed by atoms with Gasteiger partial charge in [0.05, 0.1) is 12.9 Å². The highest BCUT2D eigenvalue weighted by molar-refractivity contribution is 5.89. The van der Waals surface area contributed by atoms with Gasteiger partial charge in [-0.3, -0.25) is 4.57 Å². The fraction of sp³-hybridized carbons (Fsp3) is 0.333. The molecule has 2 aromatic heterocycles. The molecule has 1 saturated heterocycles. The number of nitrogens with zero attached hydrogens (tertiary/aromatic N) is 4. The van der Waals surface area contributed by atoms with Gasteiger partial charge in [-0.1, -0.05) is 18.2 Å². The van der Waals surface area contributed by atoms with Crippen molar-refractivity contribution in [3.8, 4) is 5.75 Å². The second-order valence-corrected chi connectivity index (χ2v) is 7.07. The van der Waals surface area contributed by atoms with Crippen LogP contribution in [0, 0.1) is 0 Å². The number of aromatic nitrogens is 4. The van der Waals surface area contributed by atoms with E-state index in [2.05, 4.69) is 15.0 Å². The molecule has 11 nitrogen and oxygen atoms in total. The monoisotopic (exact) mass is 441 g/mol. The van der Waals surface area contributed by atoms with Crippen molar-refractivity contribution in [2.75, 3.05) is 26.6 Å². The van der Waals surface area contributed by atoms with Gasteiger partial charge >= 0.3 is 5.97 Å². The predicted octanol–water partition coefficient (Wildman–Crippen LogP) is 0.947. The normalized spacial score (nSPS) is 23.2. The van der Waals surface area contributed by atoms with Crippen molar-refractivity contribution in [2.24, 2.45) is 0 Å². The number of para-hydroxylation sites is 1. The molecule has 3 N–H and O–H groups in total. The SMILES string of the molecule is COC[C@H]1O[C@@H](n2cnc3c(N)nc(/C=C/C(=O)Oc4ccccc4)nc32)C(O)[C@H]1OC. The Morgan fingerprint density at radius 3 is 2.78 bits per heavy atom. The number of fused-ring (bicyclic) bond motifs is 1. The highest BCUT2D eigenvalue weighted by Gasteiger charge is 2.45. The van der Waals surface area contributed by atoms with Crippen molar-refractivity contribution < 1.29 is 28.8 Å². The average Bonchev–Trinajstić information content (AvgIpc) is 3.34. The first-order chi connectivity index (χ1) is 15.5. The molecule has 4 atom stereocenters. The van der Waals surface area contributed by atoms with Crippen molar-refractivity contribution in [2.45, 2.75) is 24.5 Å². The lowest BCUT2D eigenvalue weighted by molar-refractivity contribution is -0.128. The van der Waals surface area contributed by atoms with Crippen molar-refractivity contribution in [3.63, 3.8) is 0 Å². The number of hydrogen-bond donors (Lipinski definition) is 2. The average molecular weight is 441 g/mol. The molecule has 0 saturated carbocycles. The highest BCUT2D eigenvalue weighted by atomic mass is 16.6. The van der Waals surface area contributed by atoms with Crippen molar-refractivity contribution in [3.05, 3.63) is 48.6 Å². The number of ether oxygens (including phenoxy) is 4. The molecule has 0 spiro atoms. The standard InChI is InChI=1S/C21H23N5O6/c1-29-10-13-18(30-2)17(28)21(32-13)26-11-23-16-19(22)24-14(25-20(16)26)8-9-15(27)31-12-6-4-3-5-7-12/h3-9,11,13,17-18,21,28H,10H2,1-2H3,(H2,22,24,25)/b9-8+/t13-,17?,18+,21-/m1/s1. The van der Waals surface area contributed by atoms with E-state index in [1.165, 1.54) is 32.7 Å². The number of anilines is 1. The van der Waals surface area contributed by atoms with Gasteiger partial charge < -0.3 is 29.8 Å². The minimum Gasteiger partial charge on any atom is -0.423 e. The van der Waals surface area contributed by atoms with Gasteiger partial charge in [0.15, 0.2) is 23.5 Å². The van der Waals surface area contributed by atoms with E-state index in [0.717, 1.165) is 0 Å². The van der Waals surface area contributed by atoms with Gasteiger partial charge in [0, 0.05) is 20.3 Å². The van der Waals surface area contributed by atoms with Gasteiger partial charge in [-0.25, -0.2) is 19.7 Å². The third-order valence-electron chi connectivity index (χ3n) is 4.98. The molecule has 0 bridgehead atoms. The molecule has 168 valence electrons. The molecule has 3 aromatic rings. The third-order valence-corrected chi connectivity index (χ3v) is 4.98. The molecule has 0 aliphatic carbocycles. The summed E-state index contributed by atoms with van der Waals surface area (Å²) >= 11 is 0. The predicted molar refractivity (Wildman–Crippen MR) is 113 cm³/mol. The molecule has 0 amide bonds. The van der Waals surface area contributed by atoms with Crippen molar-refractivity contribution >= 4 is 29.0 Å². The van der Waals surface area contributed by atoms with Gasteiger partial charge in [0.25, 0.3) is 0 Å². The summed E-state index contributed by atoms with van der Waals surface area (Å²) in [5.41, 5.74) is 6.72. The first kappa shape index (κ1) is 21.8. The lowest BCUT2D eigenvalue weighted by Gasteiger charge is -2.18. The van der Waals surface area contributed by atoms with Crippen LogP contribution in [0.4, 0.5) is 5.82 Å². The Kier molecular flexibility index (Phi) is 6.42. The van der Waals surface area contributed by atoms with Gasteiger partial charge in [0.1, 0.15) is 29.6 Å². The Hall–Kier alpha value is -3.38. The third kappa shape index (κ3) is 4.32. The molecular weight excluding hydrogens is 418 g/mol. The zero-order valence-corrected chi connectivity index (χ0v) is 17.5. The zero-order valence-electron chi connectivity index (χ0n) is 17.5. The topological polar surface area (TPSA) is 144 Å². The second-order valence-electron chi connectivity index (χ2n) is 7.07. The summed E-state index contributed by atoms with van der Waals surface area (Å²) in [6.07, 6.45) is 1.16. The minimum atomic E-state index is -0.992. The lowest BCUT2D eigenvalue weighted by Crippen LogP contribution is -2.35. The number of nitrogens with two attached hydrogens (primary N) is 1. The van der Waals surface area contributed by atoms with Gasteiger partial charge in [0.2, 0.25) is 0 Å². The van der Waals surface area contributed by atoms with E-state index in [-0.39, 0.29) is 18.2 Å². The molecule has 1 aliphatic heterocycles. The van der Waals surface area contributed by atoms with Crippen LogP contribution in [0.3, 0.4) is 0 Å². The Morgan fingerprint density at radius 1 is 1.28 bits per heavy atom. The largest absolute Gasteiger partial charge is 0.423 e. The number of methoxy groups -OCH3 is 2. The van der Waals surface area contributed by atoms with Crippen LogP contribution in [0.1, 0.15) is 12.1 Å². The number of carbonyl (C=O) groups is 1. The van der Waals surface area contributed by atoms with Crippen LogP contribution >= 0.6 is 0 Å². The van der Waals surface area contributed by atoms with E-state index >= 15 is 0 Å². The maximum atomic E-state index is 12.1. The van der Waals surface area contributed by atoms with Crippen LogP contribution < -0.4 is 10.5 Å². The van der Waals surface area contributed by atoms with Crippen LogP contribution in [0.5, 0.6) is 5.75 Å². The summed E-state index contributed by atoms with van der Waals surface area (Å²) in [6, 6.07) is 8.68. The summed E-state index contributed by atoms with van der Waals surface area (Å²) in [4.78, 5) is 24.9. The fourth-order valence-electron chi connectivity index (χ4n) is 3.54. The first-order valence-electron chi connectivity index (χ1n) is 9.82. The maximum Gasteiger partial charge on any atom is 0.336 e.